The standard InChI is InChI=1S/C39H54N12O3.C2H6/c1-7-16-27(35(40)52)24-28(8-2)43-38-42-20-12-14-21-49-31-19-15-18-30(41-6)33(31)44-39(49)46-36(53)32-23-25(4)47-51(32)22-13-10-11-17-29-26(5)48-50(9-3)34(29)37(54)45-38;1-2/h7-8,15-16,18-19,24,32,41H,9-14,17,20-23H2,1-6H3,(H2,40,52)(H,44,46,53)(H2,42,43,45,54);1-2H3/b16-7-,27-24+,28-8-;. The number of carbonyl (C=O) groups is 3. The zero-order chi connectivity index (χ0) is 40.8. The van der Waals surface area contributed by atoms with Crippen LogP contribution in [-0.4, -0.2) is 79.9 Å². The summed E-state index contributed by atoms with van der Waals surface area (Å²) in [5.74, 6) is -0.309. The molecule has 6 N–H and O–H groups in total. The fourth-order valence-electron chi connectivity index (χ4n) is 6.89. The SMILES string of the molecule is CC.C\C=C/C(=C\C(=C\C)NC1=NCCCCn2c(nc3c(NC)cccc32)NC(=O)C2CC(C)=NN2CCCCCc2c(C)nn(CC)c2C(=O)N1)C(N)=O. The van der Waals surface area contributed by atoms with Crippen LogP contribution in [-0.2, 0) is 29.1 Å². The van der Waals surface area contributed by atoms with E-state index in [1.807, 2.05) is 76.4 Å². The molecule has 2 aliphatic heterocycles. The molecule has 0 saturated carbocycles. The lowest BCUT2D eigenvalue weighted by atomic mass is 10.0. The van der Waals surface area contributed by atoms with Crippen LogP contribution in [0.15, 0.2) is 63.9 Å². The third-order valence-electron chi connectivity index (χ3n) is 9.62. The van der Waals surface area contributed by atoms with Gasteiger partial charge in [-0.15, -0.1) is 0 Å². The molecule has 0 radical (unpaired) electrons. The second-order valence-corrected chi connectivity index (χ2v) is 13.5. The van der Waals surface area contributed by atoms with Gasteiger partial charge in [-0.1, -0.05) is 44.6 Å². The normalized spacial score (nSPS) is 18.0. The number of nitrogens with one attached hydrogen (secondary N) is 4. The Morgan fingerprint density at radius 2 is 1.82 bits per heavy atom. The van der Waals surface area contributed by atoms with Crippen molar-refractivity contribution in [3.8, 4) is 0 Å². The monoisotopic (exact) mass is 768 g/mol. The van der Waals surface area contributed by atoms with Gasteiger partial charge in [0.2, 0.25) is 17.8 Å². The lowest BCUT2D eigenvalue weighted by Gasteiger charge is -2.23. The lowest BCUT2D eigenvalue weighted by Crippen LogP contribution is -2.41. The Morgan fingerprint density at radius 3 is 2.52 bits per heavy atom. The van der Waals surface area contributed by atoms with Gasteiger partial charge in [-0.25, -0.2) is 4.98 Å². The van der Waals surface area contributed by atoms with Crippen LogP contribution in [0.1, 0.15) is 102 Å². The number of aryl methyl sites for hydroxylation is 3. The number of imidazole rings is 1. The third-order valence-corrected chi connectivity index (χ3v) is 9.62. The molecule has 56 heavy (non-hydrogen) atoms. The summed E-state index contributed by atoms with van der Waals surface area (Å²) in [5, 5.41) is 23.9. The summed E-state index contributed by atoms with van der Waals surface area (Å²) in [6, 6.07) is 5.51. The number of aliphatic imine (C=N–C) groups is 1. The molecule has 0 aliphatic carbocycles. The number of anilines is 2. The number of allylic oxidation sites excluding steroid dienone is 3. The summed E-state index contributed by atoms with van der Waals surface area (Å²) >= 11 is 0. The number of hydrogen-bond donors (Lipinski definition) is 5. The lowest BCUT2D eigenvalue weighted by molar-refractivity contribution is -0.120. The summed E-state index contributed by atoms with van der Waals surface area (Å²) in [6.45, 7) is 15.6. The van der Waals surface area contributed by atoms with Gasteiger partial charge in [0.05, 0.1) is 16.9 Å². The zero-order valence-corrected chi connectivity index (χ0v) is 34.3. The topological polar surface area (TPSA) is 189 Å². The molecular formula is C41H60N12O3. The molecule has 302 valence electrons. The molecule has 15 nitrogen and oxygen atoms in total. The number of para-hydroxylation sites is 1. The quantitative estimate of drug-likeness (QED) is 0.154. The highest BCUT2D eigenvalue weighted by molar-refractivity contribution is 6.06. The second-order valence-electron chi connectivity index (χ2n) is 13.5. The maximum absolute atomic E-state index is 14.1. The number of fused-ring (bicyclic) bond motifs is 5. The summed E-state index contributed by atoms with van der Waals surface area (Å²) in [4.78, 5) is 49.8. The molecule has 0 saturated heterocycles. The average molecular weight is 769 g/mol. The molecule has 4 heterocycles. The Balaban J connectivity index is 0.00000342. The Kier molecular flexibility index (Phi) is 16.0. The van der Waals surface area contributed by atoms with Crippen LogP contribution in [0.4, 0.5) is 11.6 Å². The van der Waals surface area contributed by atoms with Crippen LogP contribution < -0.4 is 27.0 Å². The van der Waals surface area contributed by atoms with Gasteiger partial charge in [-0.05, 0) is 84.9 Å². The molecule has 3 amide bonds. The molecule has 1 atom stereocenters. The fourth-order valence-corrected chi connectivity index (χ4v) is 6.89. The van der Waals surface area contributed by atoms with Gasteiger partial charge in [0.15, 0.2) is 0 Å². The highest BCUT2D eigenvalue weighted by Gasteiger charge is 2.32. The van der Waals surface area contributed by atoms with Crippen molar-refractivity contribution in [2.24, 2.45) is 15.8 Å². The van der Waals surface area contributed by atoms with Crippen LogP contribution in [0.25, 0.3) is 11.0 Å². The number of benzene rings is 1. The molecule has 0 spiro atoms. The fraction of sp³-hybridized carbons (Fsp3) is 0.488. The number of nitrogens with two attached hydrogens (primary N) is 1. The van der Waals surface area contributed by atoms with Crippen molar-refractivity contribution in [2.75, 3.05) is 30.8 Å². The largest absolute Gasteiger partial charge is 0.386 e. The average Bonchev–Trinajstić information content (AvgIpc) is 3.85. The van der Waals surface area contributed by atoms with Crippen molar-refractivity contribution in [2.45, 2.75) is 113 Å². The molecule has 0 fully saturated rings. The summed E-state index contributed by atoms with van der Waals surface area (Å²) in [6.07, 6.45) is 11.9. The molecule has 2 aromatic heterocycles. The van der Waals surface area contributed by atoms with Crippen LogP contribution in [0.5, 0.6) is 0 Å². The van der Waals surface area contributed by atoms with E-state index in [0.717, 1.165) is 53.0 Å². The summed E-state index contributed by atoms with van der Waals surface area (Å²) in [5.41, 5.74) is 12.1. The molecule has 15 heteroatoms. The van der Waals surface area contributed by atoms with Gasteiger partial charge in [0.25, 0.3) is 11.8 Å². The van der Waals surface area contributed by atoms with E-state index in [9.17, 15) is 14.4 Å². The van der Waals surface area contributed by atoms with E-state index in [1.54, 1.807) is 35.9 Å². The van der Waals surface area contributed by atoms with Crippen LogP contribution in [0.2, 0.25) is 0 Å². The van der Waals surface area contributed by atoms with E-state index in [-0.39, 0.29) is 17.8 Å². The minimum absolute atomic E-state index is 0.135. The number of hydrogen-bond acceptors (Lipinski definition) is 10. The number of amides is 3. The van der Waals surface area contributed by atoms with E-state index in [2.05, 4.69) is 21.3 Å². The third kappa shape index (κ3) is 10.5. The van der Waals surface area contributed by atoms with Crippen LogP contribution >= 0.6 is 0 Å². The number of nitrogens with zero attached hydrogens (tertiary/aromatic N) is 7. The van der Waals surface area contributed by atoms with E-state index in [1.165, 1.54) is 0 Å². The van der Waals surface area contributed by atoms with Crippen LogP contribution in [0.3, 0.4) is 0 Å². The number of rotatable bonds is 6. The predicted octanol–water partition coefficient (Wildman–Crippen LogP) is 5.79. The Labute approximate surface area is 330 Å². The first-order valence-corrected chi connectivity index (χ1v) is 19.9. The highest BCUT2D eigenvalue weighted by atomic mass is 16.2. The van der Waals surface area contributed by atoms with Gasteiger partial charge in [0.1, 0.15) is 17.3 Å². The first-order valence-electron chi connectivity index (χ1n) is 19.9. The molecule has 3 aromatic rings. The van der Waals surface area contributed by atoms with Gasteiger partial charge in [-0.3, -0.25) is 39.7 Å². The van der Waals surface area contributed by atoms with Crippen molar-refractivity contribution in [3.05, 3.63) is 70.7 Å². The number of aromatic nitrogens is 4. The zero-order valence-electron chi connectivity index (χ0n) is 34.3. The highest BCUT2D eigenvalue weighted by Crippen LogP contribution is 2.28. The minimum atomic E-state index is -0.577. The smallest absolute Gasteiger partial charge is 0.276 e. The Hall–Kier alpha value is -5.73. The van der Waals surface area contributed by atoms with E-state index < -0.39 is 11.9 Å². The molecule has 2 aliphatic rings. The van der Waals surface area contributed by atoms with Crippen molar-refractivity contribution < 1.29 is 14.4 Å². The maximum atomic E-state index is 14.1. The van der Waals surface area contributed by atoms with Gasteiger partial charge >= 0.3 is 0 Å². The van der Waals surface area contributed by atoms with Crippen molar-refractivity contribution >= 4 is 52.1 Å². The van der Waals surface area contributed by atoms with Crippen molar-refractivity contribution in [3.63, 3.8) is 0 Å². The molecular weight excluding hydrogens is 709 g/mol. The van der Waals surface area contributed by atoms with Crippen LogP contribution in [0, 0.1) is 6.92 Å². The first kappa shape index (κ1) is 43.0. The predicted molar refractivity (Wildman–Crippen MR) is 226 cm³/mol. The molecule has 1 aromatic carbocycles. The van der Waals surface area contributed by atoms with E-state index in [0.29, 0.717) is 74.8 Å². The summed E-state index contributed by atoms with van der Waals surface area (Å²) in [7, 11) is 1.85. The molecule has 5 rings (SSSR count). The number of hydrazone groups is 1. The first-order chi connectivity index (χ1) is 27.1. The second kappa shape index (κ2) is 20.8. The Morgan fingerprint density at radius 1 is 1.05 bits per heavy atom. The number of guanidine groups is 1. The number of carbonyl (C=O) groups excluding carboxylic acids is 3. The van der Waals surface area contributed by atoms with E-state index >= 15 is 0 Å². The Bertz CT molecular complexity index is 2020. The van der Waals surface area contributed by atoms with Gasteiger partial charge < -0.3 is 20.9 Å². The minimum Gasteiger partial charge on any atom is -0.386 e. The summed E-state index contributed by atoms with van der Waals surface area (Å²) < 4.78 is 3.78. The van der Waals surface area contributed by atoms with E-state index in [4.69, 9.17) is 25.9 Å². The number of primary amides is 1. The van der Waals surface area contributed by atoms with Gasteiger partial charge in [0, 0.05) is 62.2 Å². The maximum Gasteiger partial charge on any atom is 0.276 e. The van der Waals surface area contributed by atoms with Gasteiger partial charge in [-0.2, -0.15) is 10.2 Å². The van der Waals surface area contributed by atoms with Crippen molar-refractivity contribution in [1.29, 1.82) is 0 Å². The molecule has 1 unspecified atom stereocenters. The van der Waals surface area contributed by atoms with Crippen molar-refractivity contribution in [1.82, 2.24) is 35.0 Å². The molecule has 0 bridgehead atoms.